The largest absolute Gasteiger partial charge is 0.465 e. The molecule has 2 N–H and O–H groups in total. The molecule has 142 valence electrons. The fourth-order valence-electron chi connectivity index (χ4n) is 3.08. The van der Waals surface area contributed by atoms with Crippen LogP contribution in [0.4, 0.5) is 4.79 Å². The second kappa shape index (κ2) is 20.1. The predicted molar refractivity (Wildman–Crippen MR) is 105 cm³/mol. The number of hydrogen-bond donors (Lipinski definition) is 2. The van der Waals surface area contributed by atoms with E-state index in [-0.39, 0.29) is 0 Å². The van der Waals surface area contributed by atoms with Crippen molar-refractivity contribution in [3.8, 4) is 0 Å². The van der Waals surface area contributed by atoms with Crippen LogP contribution in [-0.4, -0.2) is 17.7 Å². The quantitative estimate of drug-likeness (QED) is 0.195. The molecule has 0 radical (unpaired) electrons. The fraction of sp³-hybridized carbons (Fsp3) is 0.857. The summed E-state index contributed by atoms with van der Waals surface area (Å²) in [6.45, 7) is 4.36. The van der Waals surface area contributed by atoms with Crippen molar-refractivity contribution in [3.63, 3.8) is 0 Å². The Kier molecular flexibility index (Phi) is 19.2. The Morgan fingerprint density at radius 3 is 1.33 bits per heavy atom. The van der Waals surface area contributed by atoms with E-state index < -0.39 is 6.09 Å². The summed E-state index contributed by atoms with van der Waals surface area (Å²) in [7, 11) is 0. The Morgan fingerprint density at radius 1 is 0.667 bits per heavy atom. The van der Waals surface area contributed by atoms with Crippen molar-refractivity contribution in [1.82, 2.24) is 5.32 Å². The Balaban J connectivity index is 2.98. The van der Waals surface area contributed by atoms with Crippen molar-refractivity contribution in [2.45, 2.75) is 109 Å². The van der Waals surface area contributed by atoms with E-state index in [9.17, 15) is 4.79 Å². The van der Waals surface area contributed by atoms with Gasteiger partial charge >= 0.3 is 6.09 Å². The lowest BCUT2D eigenvalue weighted by Crippen LogP contribution is -2.21. The Bertz CT molecular complexity index is 279. The number of hydrogen-bond acceptors (Lipinski definition) is 1. The van der Waals surface area contributed by atoms with Gasteiger partial charge in [0.1, 0.15) is 0 Å². The zero-order valence-corrected chi connectivity index (χ0v) is 15.9. The Hall–Kier alpha value is -0.990. The summed E-state index contributed by atoms with van der Waals surface area (Å²) in [5.41, 5.74) is 0. The highest BCUT2D eigenvalue weighted by atomic mass is 16.4. The lowest BCUT2D eigenvalue weighted by Gasteiger charge is -2.04. The molecule has 0 spiro atoms. The third-order valence-electron chi connectivity index (χ3n) is 4.61. The number of carbonyl (C=O) groups is 1. The second-order valence-electron chi connectivity index (χ2n) is 6.97. The maximum absolute atomic E-state index is 10.3. The van der Waals surface area contributed by atoms with Crippen LogP contribution in [0.3, 0.4) is 0 Å². The molecule has 0 aliphatic heterocycles. The molecule has 3 nitrogen and oxygen atoms in total. The van der Waals surface area contributed by atoms with Crippen LogP contribution in [0.25, 0.3) is 0 Å². The van der Waals surface area contributed by atoms with Gasteiger partial charge in [0.2, 0.25) is 0 Å². The van der Waals surface area contributed by atoms with Crippen molar-refractivity contribution in [3.05, 3.63) is 12.7 Å². The highest BCUT2D eigenvalue weighted by molar-refractivity contribution is 5.64. The zero-order valence-electron chi connectivity index (χ0n) is 15.9. The SMILES string of the molecule is C=CCCCCCCCCCCCCCCCCCCNC(=O)O. The second-order valence-corrected chi connectivity index (χ2v) is 6.97. The van der Waals surface area contributed by atoms with E-state index in [1.807, 2.05) is 6.08 Å². The van der Waals surface area contributed by atoms with Gasteiger partial charge in [-0.05, 0) is 19.3 Å². The van der Waals surface area contributed by atoms with E-state index in [4.69, 9.17) is 5.11 Å². The number of nitrogens with one attached hydrogen (secondary N) is 1. The van der Waals surface area contributed by atoms with Crippen LogP contribution >= 0.6 is 0 Å². The number of allylic oxidation sites excluding steroid dienone is 1. The first-order valence-electron chi connectivity index (χ1n) is 10.3. The van der Waals surface area contributed by atoms with Crippen LogP contribution in [0, 0.1) is 0 Å². The van der Waals surface area contributed by atoms with Gasteiger partial charge in [-0.2, -0.15) is 0 Å². The van der Waals surface area contributed by atoms with Gasteiger partial charge in [0.15, 0.2) is 0 Å². The highest BCUT2D eigenvalue weighted by Gasteiger charge is 1.96. The molecule has 3 heteroatoms. The van der Waals surface area contributed by atoms with E-state index >= 15 is 0 Å². The summed E-state index contributed by atoms with van der Waals surface area (Å²) in [6, 6.07) is 0. The van der Waals surface area contributed by atoms with Crippen LogP contribution in [0.1, 0.15) is 109 Å². The van der Waals surface area contributed by atoms with Gasteiger partial charge in [0.25, 0.3) is 0 Å². The van der Waals surface area contributed by atoms with Crippen molar-refractivity contribution in [2.24, 2.45) is 0 Å². The molecule has 24 heavy (non-hydrogen) atoms. The summed E-state index contributed by atoms with van der Waals surface area (Å²) in [6.07, 6.45) is 23.7. The third-order valence-corrected chi connectivity index (χ3v) is 4.61. The van der Waals surface area contributed by atoms with E-state index in [2.05, 4.69) is 11.9 Å². The first kappa shape index (κ1) is 23.0. The average molecular weight is 340 g/mol. The van der Waals surface area contributed by atoms with Crippen LogP contribution in [-0.2, 0) is 0 Å². The third kappa shape index (κ3) is 21.0. The fourth-order valence-corrected chi connectivity index (χ4v) is 3.08. The van der Waals surface area contributed by atoms with Gasteiger partial charge < -0.3 is 10.4 Å². The topological polar surface area (TPSA) is 49.3 Å². The van der Waals surface area contributed by atoms with Crippen molar-refractivity contribution >= 4 is 6.09 Å². The molecule has 0 saturated carbocycles. The van der Waals surface area contributed by atoms with E-state index in [0.717, 1.165) is 12.8 Å². The molecule has 0 aliphatic carbocycles. The van der Waals surface area contributed by atoms with Gasteiger partial charge in [-0.3, -0.25) is 0 Å². The smallest absolute Gasteiger partial charge is 0.404 e. The molecule has 0 rings (SSSR count). The normalized spacial score (nSPS) is 10.7. The monoisotopic (exact) mass is 339 g/mol. The van der Waals surface area contributed by atoms with E-state index in [1.54, 1.807) is 0 Å². The minimum Gasteiger partial charge on any atom is -0.465 e. The summed E-state index contributed by atoms with van der Waals surface area (Å²) in [5, 5.41) is 10.9. The molecule has 0 saturated heterocycles. The standard InChI is InChI=1S/C21H41NO2/c1-2-3-4-5-6-7-8-9-10-11-12-13-14-15-16-17-18-19-20-22-21(23)24/h2,22H,1,3-20H2,(H,23,24). The van der Waals surface area contributed by atoms with Crippen LogP contribution < -0.4 is 5.32 Å². The van der Waals surface area contributed by atoms with Crippen molar-refractivity contribution < 1.29 is 9.90 Å². The molecule has 0 aliphatic rings. The van der Waals surface area contributed by atoms with Gasteiger partial charge in [0, 0.05) is 6.54 Å². The predicted octanol–water partition coefficient (Wildman–Crippen LogP) is 7.07. The van der Waals surface area contributed by atoms with E-state index in [0.29, 0.717) is 6.54 Å². The van der Waals surface area contributed by atoms with Gasteiger partial charge in [0.05, 0.1) is 0 Å². The van der Waals surface area contributed by atoms with E-state index in [1.165, 1.54) is 96.3 Å². The molecule has 0 heterocycles. The summed E-state index contributed by atoms with van der Waals surface area (Å²) in [5.74, 6) is 0. The summed E-state index contributed by atoms with van der Waals surface area (Å²) < 4.78 is 0. The Labute approximate surface area is 150 Å². The lowest BCUT2D eigenvalue weighted by molar-refractivity contribution is 0.194. The molecule has 0 aromatic heterocycles. The van der Waals surface area contributed by atoms with Crippen molar-refractivity contribution in [2.75, 3.05) is 6.54 Å². The van der Waals surface area contributed by atoms with Crippen LogP contribution in [0.5, 0.6) is 0 Å². The molecule has 0 atom stereocenters. The minimum absolute atomic E-state index is 0.601. The van der Waals surface area contributed by atoms with Crippen LogP contribution in [0.2, 0.25) is 0 Å². The minimum atomic E-state index is -0.904. The average Bonchev–Trinajstić information content (AvgIpc) is 2.56. The van der Waals surface area contributed by atoms with Gasteiger partial charge in [-0.15, -0.1) is 6.58 Å². The molecule has 1 amide bonds. The first-order chi connectivity index (χ1) is 11.8. The summed E-state index contributed by atoms with van der Waals surface area (Å²) in [4.78, 5) is 10.3. The van der Waals surface area contributed by atoms with Crippen LogP contribution in [0.15, 0.2) is 12.7 Å². The summed E-state index contributed by atoms with van der Waals surface area (Å²) >= 11 is 0. The molecular formula is C21H41NO2. The molecule has 0 aromatic carbocycles. The maximum Gasteiger partial charge on any atom is 0.404 e. The first-order valence-corrected chi connectivity index (χ1v) is 10.3. The molecular weight excluding hydrogens is 298 g/mol. The zero-order chi connectivity index (χ0) is 17.7. The molecule has 0 fully saturated rings. The number of rotatable bonds is 19. The van der Waals surface area contributed by atoms with Gasteiger partial charge in [-0.25, -0.2) is 4.79 Å². The number of carboxylic acid groups (broad SMARTS) is 1. The van der Waals surface area contributed by atoms with Crippen molar-refractivity contribution in [1.29, 1.82) is 0 Å². The number of amides is 1. The molecule has 0 bridgehead atoms. The lowest BCUT2D eigenvalue weighted by atomic mass is 10.0. The highest BCUT2D eigenvalue weighted by Crippen LogP contribution is 2.13. The number of unbranched alkanes of at least 4 members (excludes halogenated alkanes) is 16. The van der Waals surface area contributed by atoms with Gasteiger partial charge in [-0.1, -0.05) is 96.0 Å². The molecule has 0 aromatic rings. The maximum atomic E-state index is 10.3. The molecule has 0 unspecified atom stereocenters. The Morgan fingerprint density at radius 2 is 1.00 bits per heavy atom.